The van der Waals surface area contributed by atoms with Crippen molar-refractivity contribution in [3.8, 4) is 22.8 Å². The third kappa shape index (κ3) is 2.50. The Labute approximate surface area is 127 Å². The molecule has 1 aromatic carbocycles. The molecule has 0 saturated heterocycles. The number of hydrogen-bond acceptors (Lipinski definition) is 5. The number of carbonyl (C=O) groups excluding carboxylic acids is 1. The molecule has 2 heterocycles. The van der Waals surface area contributed by atoms with Crippen LogP contribution in [0.4, 0.5) is 0 Å². The molecule has 22 heavy (non-hydrogen) atoms. The summed E-state index contributed by atoms with van der Waals surface area (Å²) in [5.41, 5.74) is 2.11. The van der Waals surface area contributed by atoms with Crippen molar-refractivity contribution >= 4 is 17.0 Å². The maximum absolute atomic E-state index is 11.3. The second kappa shape index (κ2) is 5.48. The molecule has 0 radical (unpaired) electrons. The Kier molecular flexibility index (Phi) is 3.50. The predicted molar refractivity (Wildman–Crippen MR) is 81.9 cm³/mol. The van der Waals surface area contributed by atoms with Gasteiger partial charge in [-0.1, -0.05) is 0 Å². The predicted octanol–water partition coefficient (Wildman–Crippen LogP) is 2.87. The van der Waals surface area contributed by atoms with Crippen molar-refractivity contribution in [2.45, 2.75) is 13.8 Å². The number of H-pyrrole nitrogens is 1. The molecule has 0 aliphatic heterocycles. The molecule has 0 saturated carbocycles. The highest BCUT2D eigenvalue weighted by Crippen LogP contribution is 2.36. The van der Waals surface area contributed by atoms with Crippen molar-refractivity contribution in [2.24, 2.45) is 0 Å². The summed E-state index contributed by atoms with van der Waals surface area (Å²) in [5, 5.41) is 0.854. The molecule has 0 fully saturated rings. The van der Waals surface area contributed by atoms with E-state index in [2.05, 4.69) is 15.0 Å². The Morgan fingerprint density at radius 3 is 2.77 bits per heavy atom. The Bertz CT molecular complexity index is 855. The van der Waals surface area contributed by atoms with E-state index in [1.54, 1.807) is 31.5 Å². The van der Waals surface area contributed by atoms with Gasteiger partial charge in [0.15, 0.2) is 0 Å². The number of methoxy groups -OCH3 is 1. The molecule has 0 spiro atoms. The van der Waals surface area contributed by atoms with Crippen LogP contribution in [-0.4, -0.2) is 28.0 Å². The normalized spacial score (nSPS) is 10.7. The van der Waals surface area contributed by atoms with Crippen LogP contribution < -0.4 is 9.47 Å². The van der Waals surface area contributed by atoms with Crippen molar-refractivity contribution in [3.05, 3.63) is 36.3 Å². The highest BCUT2D eigenvalue weighted by atomic mass is 16.5. The average molecular weight is 297 g/mol. The number of nitrogens with one attached hydrogen (secondary N) is 1. The number of rotatable bonds is 3. The molecular formula is C16H15N3O3. The SMILES string of the molecule is COc1ccc(OC(C)=O)c(-c2nc(C)nc3[nH]ccc23)c1. The summed E-state index contributed by atoms with van der Waals surface area (Å²) in [4.78, 5) is 23.3. The molecule has 0 amide bonds. The van der Waals surface area contributed by atoms with E-state index in [1.165, 1.54) is 6.92 Å². The number of nitrogens with zero attached hydrogens (tertiary/aromatic N) is 2. The van der Waals surface area contributed by atoms with Crippen LogP contribution in [0.2, 0.25) is 0 Å². The molecule has 0 aliphatic rings. The second-order valence-corrected chi connectivity index (χ2v) is 4.82. The lowest BCUT2D eigenvalue weighted by atomic mass is 10.1. The van der Waals surface area contributed by atoms with Gasteiger partial charge in [0.1, 0.15) is 23.0 Å². The fourth-order valence-corrected chi connectivity index (χ4v) is 2.32. The van der Waals surface area contributed by atoms with Gasteiger partial charge in [0.05, 0.1) is 12.8 Å². The summed E-state index contributed by atoms with van der Waals surface area (Å²) < 4.78 is 10.6. The van der Waals surface area contributed by atoms with Crippen molar-refractivity contribution in [1.82, 2.24) is 15.0 Å². The van der Waals surface area contributed by atoms with Crippen molar-refractivity contribution in [3.63, 3.8) is 0 Å². The third-order valence-corrected chi connectivity index (χ3v) is 3.22. The monoisotopic (exact) mass is 297 g/mol. The number of aromatic nitrogens is 3. The molecular weight excluding hydrogens is 282 g/mol. The van der Waals surface area contributed by atoms with E-state index in [-0.39, 0.29) is 5.97 Å². The van der Waals surface area contributed by atoms with Crippen LogP contribution in [0, 0.1) is 6.92 Å². The van der Waals surface area contributed by atoms with E-state index in [1.807, 2.05) is 13.0 Å². The largest absolute Gasteiger partial charge is 0.497 e. The van der Waals surface area contributed by atoms with E-state index < -0.39 is 0 Å². The standard InChI is InChI=1S/C16H15N3O3/c1-9-18-15(12-6-7-17-16(12)19-9)13-8-11(21-3)4-5-14(13)22-10(2)20/h4-8H,1-3H3,(H,17,18,19). The fraction of sp³-hybridized carbons (Fsp3) is 0.188. The first-order valence-electron chi connectivity index (χ1n) is 6.77. The van der Waals surface area contributed by atoms with Gasteiger partial charge in [-0.3, -0.25) is 4.79 Å². The highest BCUT2D eigenvalue weighted by Gasteiger charge is 2.16. The minimum atomic E-state index is -0.387. The molecule has 3 aromatic rings. The highest BCUT2D eigenvalue weighted by molar-refractivity contribution is 5.93. The van der Waals surface area contributed by atoms with Gasteiger partial charge in [-0.25, -0.2) is 9.97 Å². The van der Waals surface area contributed by atoms with E-state index >= 15 is 0 Å². The number of ether oxygens (including phenoxy) is 2. The van der Waals surface area contributed by atoms with Gasteiger partial charge in [-0.15, -0.1) is 0 Å². The molecule has 6 nitrogen and oxygen atoms in total. The van der Waals surface area contributed by atoms with Crippen LogP contribution >= 0.6 is 0 Å². The van der Waals surface area contributed by atoms with Gasteiger partial charge >= 0.3 is 5.97 Å². The van der Waals surface area contributed by atoms with Crippen LogP contribution in [0.15, 0.2) is 30.5 Å². The lowest BCUT2D eigenvalue weighted by molar-refractivity contribution is -0.131. The summed E-state index contributed by atoms with van der Waals surface area (Å²) in [6, 6.07) is 7.13. The van der Waals surface area contributed by atoms with E-state index in [0.29, 0.717) is 28.6 Å². The summed E-state index contributed by atoms with van der Waals surface area (Å²) in [7, 11) is 1.59. The number of esters is 1. The molecule has 0 unspecified atom stereocenters. The zero-order valence-corrected chi connectivity index (χ0v) is 12.5. The fourth-order valence-electron chi connectivity index (χ4n) is 2.32. The number of aromatic amines is 1. The molecule has 3 rings (SSSR count). The molecule has 2 aromatic heterocycles. The minimum Gasteiger partial charge on any atom is -0.497 e. The van der Waals surface area contributed by atoms with Crippen molar-refractivity contribution < 1.29 is 14.3 Å². The first-order chi connectivity index (χ1) is 10.6. The van der Waals surface area contributed by atoms with Crippen LogP contribution in [0.5, 0.6) is 11.5 Å². The number of fused-ring (bicyclic) bond motifs is 1. The zero-order chi connectivity index (χ0) is 15.7. The topological polar surface area (TPSA) is 77.1 Å². The molecule has 112 valence electrons. The van der Waals surface area contributed by atoms with Gasteiger partial charge in [-0.05, 0) is 31.2 Å². The number of carbonyl (C=O) groups is 1. The van der Waals surface area contributed by atoms with Gasteiger partial charge in [-0.2, -0.15) is 0 Å². The van der Waals surface area contributed by atoms with Gasteiger partial charge in [0.25, 0.3) is 0 Å². The van der Waals surface area contributed by atoms with E-state index in [0.717, 1.165) is 11.0 Å². The minimum absolute atomic E-state index is 0.387. The van der Waals surface area contributed by atoms with Crippen molar-refractivity contribution in [2.75, 3.05) is 7.11 Å². The number of aryl methyl sites for hydroxylation is 1. The Morgan fingerprint density at radius 2 is 2.05 bits per heavy atom. The molecule has 0 aliphatic carbocycles. The summed E-state index contributed by atoms with van der Waals surface area (Å²) in [5.74, 6) is 1.34. The molecule has 0 bridgehead atoms. The maximum Gasteiger partial charge on any atom is 0.308 e. The zero-order valence-electron chi connectivity index (χ0n) is 12.5. The van der Waals surface area contributed by atoms with Crippen LogP contribution in [0.25, 0.3) is 22.3 Å². The van der Waals surface area contributed by atoms with Crippen molar-refractivity contribution in [1.29, 1.82) is 0 Å². The Morgan fingerprint density at radius 1 is 1.23 bits per heavy atom. The Balaban J connectivity index is 2.27. The van der Waals surface area contributed by atoms with Crippen LogP contribution in [0.3, 0.4) is 0 Å². The third-order valence-electron chi connectivity index (χ3n) is 3.22. The first kappa shape index (κ1) is 14.1. The lowest BCUT2D eigenvalue weighted by Gasteiger charge is -2.11. The average Bonchev–Trinajstić information content (AvgIpc) is 2.94. The summed E-state index contributed by atoms with van der Waals surface area (Å²) in [6.45, 7) is 3.18. The maximum atomic E-state index is 11.3. The summed E-state index contributed by atoms with van der Waals surface area (Å²) in [6.07, 6.45) is 1.80. The van der Waals surface area contributed by atoms with E-state index in [4.69, 9.17) is 9.47 Å². The van der Waals surface area contributed by atoms with E-state index in [9.17, 15) is 4.79 Å². The lowest BCUT2D eigenvalue weighted by Crippen LogP contribution is -2.04. The molecule has 6 heteroatoms. The number of hydrogen-bond donors (Lipinski definition) is 1. The van der Waals surface area contributed by atoms with Gasteiger partial charge < -0.3 is 14.5 Å². The van der Waals surface area contributed by atoms with Gasteiger partial charge in [0, 0.05) is 24.1 Å². The molecule has 0 atom stereocenters. The molecule has 1 N–H and O–H groups in total. The quantitative estimate of drug-likeness (QED) is 0.594. The second-order valence-electron chi connectivity index (χ2n) is 4.82. The number of benzene rings is 1. The van der Waals surface area contributed by atoms with Crippen LogP contribution in [0.1, 0.15) is 12.7 Å². The Hall–Kier alpha value is -2.89. The smallest absolute Gasteiger partial charge is 0.308 e. The van der Waals surface area contributed by atoms with Gasteiger partial charge in [0.2, 0.25) is 0 Å². The first-order valence-corrected chi connectivity index (χ1v) is 6.77. The summed E-state index contributed by atoms with van der Waals surface area (Å²) >= 11 is 0. The van der Waals surface area contributed by atoms with Crippen LogP contribution in [-0.2, 0) is 4.79 Å².